The summed E-state index contributed by atoms with van der Waals surface area (Å²) in [5.41, 5.74) is 0.914. The molecular weight excluding hydrogens is 296 g/mol. The van der Waals surface area contributed by atoms with Crippen LogP contribution in [0.3, 0.4) is 0 Å². The van der Waals surface area contributed by atoms with Gasteiger partial charge in [0.15, 0.2) is 4.34 Å². The number of carbonyl (C=O) groups excluding carboxylic acids is 1. The molecule has 0 aliphatic carbocycles. The molecule has 2 rings (SSSR count). The van der Waals surface area contributed by atoms with Crippen molar-refractivity contribution in [2.24, 2.45) is 0 Å². The van der Waals surface area contributed by atoms with Crippen LogP contribution in [0.5, 0.6) is 0 Å². The molecule has 2 aromatic rings. The number of thiazole rings is 1. The minimum atomic E-state index is -1.01. The van der Waals surface area contributed by atoms with Gasteiger partial charge in [-0.25, -0.2) is 9.78 Å². The summed E-state index contributed by atoms with van der Waals surface area (Å²) in [6.45, 7) is 1.72. The fraction of sp³-hybridized carbons (Fsp3) is 0.308. The van der Waals surface area contributed by atoms with E-state index in [1.165, 1.54) is 23.1 Å². The fourth-order valence-corrected chi connectivity index (χ4v) is 3.49. The maximum Gasteiger partial charge on any atom is 0.326 e. The van der Waals surface area contributed by atoms with Crippen molar-refractivity contribution < 1.29 is 14.7 Å². The van der Waals surface area contributed by atoms with Gasteiger partial charge < -0.3 is 10.4 Å². The summed E-state index contributed by atoms with van der Waals surface area (Å²) in [7, 11) is 0. The Bertz CT molecular complexity index is 594. The van der Waals surface area contributed by atoms with Crippen LogP contribution < -0.4 is 5.32 Å². The number of fused-ring (bicyclic) bond motifs is 1. The second kappa shape index (κ2) is 6.71. The topological polar surface area (TPSA) is 79.3 Å². The van der Waals surface area contributed by atoms with E-state index in [0.717, 1.165) is 14.6 Å². The summed E-state index contributed by atoms with van der Waals surface area (Å²) in [6, 6.07) is 6.95. The van der Waals surface area contributed by atoms with E-state index < -0.39 is 12.0 Å². The van der Waals surface area contributed by atoms with Crippen molar-refractivity contribution in [3.05, 3.63) is 24.3 Å². The smallest absolute Gasteiger partial charge is 0.326 e. The summed E-state index contributed by atoms with van der Waals surface area (Å²) >= 11 is 2.85. The number of thioether (sulfide) groups is 1. The Kier molecular flexibility index (Phi) is 4.97. The first-order valence-corrected chi connectivity index (χ1v) is 7.91. The van der Waals surface area contributed by atoms with E-state index in [1.54, 1.807) is 6.92 Å². The standard InChI is InChI=1S/C13H14N2O3S2/c1-2-8(12(17)18)14-11(16)7-19-13-15-9-5-3-4-6-10(9)20-13/h3-6,8H,2,7H2,1H3,(H,14,16)(H,17,18). The van der Waals surface area contributed by atoms with E-state index in [4.69, 9.17) is 5.11 Å². The van der Waals surface area contributed by atoms with Crippen LogP contribution in [0.25, 0.3) is 10.2 Å². The number of rotatable bonds is 6. The van der Waals surface area contributed by atoms with Crippen LogP contribution in [-0.4, -0.2) is 33.8 Å². The number of carboxylic acids is 1. The number of benzene rings is 1. The molecule has 0 bridgehead atoms. The first-order chi connectivity index (χ1) is 9.60. The highest BCUT2D eigenvalue weighted by Gasteiger charge is 2.17. The predicted octanol–water partition coefficient (Wildman–Crippen LogP) is 2.37. The Balaban J connectivity index is 1.91. The van der Waals surface area contributed by atoms with Crippen molar-refractivity contribution in [1.29, 1.82) is 0 Å². The van der Waals surface area contributed by atoms with Gasteiger partial charge >= 0.3 is 5.97 Å². The third-order valence-corrected chi connectivity index (χ3v) is 4.82. The molecular formula is C13H14N2O3S2. The highest BCUT2D eigenvalue weighted by atomic mass is 32.2. The molecule has 2 N–H and O–H groups in total. The van der Waals surface area contributed by atoms with Crippen LogP contribution in [0.1, 0.15) is 13.3 Å². The van der Waals surface area contributed by atoms with Crippen molar-refractivity contribution in [2.45, 2.75) is 23.7 Å². The van der Waals surface area contributed by atoms with Crippen molar-refractivity contribution >= 4 is 45.2 Å². The van der Waals surface area contributed by atoms with Gasteiger partial charge in [-0.15, -0.1) is 11.3 Å². The number of aliphatic carboxylic acids is 1. The van der Waals surface area contributed by atoms with E-state index in [9.17, 15) is 9.59 Å². The third-order valence-electron chi connectivity index (χ3n) is 2.64. The van der Waals surface area contributed by atoms with Crippen molar-refractivity contribution in [2.75, 3.05) is 5.75 Å². The van der Waals surface area contributed by atoms with Crippen LogP contribution in [0.15, 0.2) is 28.6 Å². The number of hydrogen-bond acceptors (Lipinski definition) is 5. The lowest BCUT2D eigenvalue weighted by molar-refractivity contribution is -0.141. The lowest BCUT2D eigenvalue weighted by atomic mass is 10.2. The van der Waals surface area contributed by atoms with E-state index in [2.05, 4.69) is 10.3 Å². The second-order valence-electron chi connectivity index (χ2n) is 4.10. The van der Waals surface area contributed by atoms with E-state index in [-0.39, 0.29) is 11.7 Å². The molecule has 1 atom stereocenters. The molecule has 106 valence electrons. The third kappa shape index (κ3) is 3.71. The zero-order valence-corrected chi connectivity index (χ0v) is 12.5. The average molecular weight is 310 g/mol. The Morgan fingerprint density at radius 3 is 2.85 bits per heavy atom. The maximum absolute atomic E-state index is 11.7. The Hall–Kier alpha value is -1.60. The monoisotopic (exact) mass is 310 g/mol. The number of carboxylic acid groups (broad SMARTS) is 1. The minimum Gasteiger partial charge on any atom is -0.480 e. The lowest BCUT2D eigenvalue weighted by Crippen LogP contribution is -2.41. The number of aromatic nitrogens is 1. The molecule has 1 unspecified atom stereocenters. The normalized spacial score (nSPS) is 12.2. The van der Waals surface area contributed by atoms with Gasteiger partial charge in [0.1, 0.15) is 6.04 Å². The van der Waals surface area contributed by atoms with Gasteiger partial charge in [0.05, 0.1) is 16.0 Å². The van der Waals surface area contributed by atoms with Gasteiger partial charge in [0, 0.05) is 0 Å². The van der Waals surface area contributed by atoms with Gasteiger partial charge in [-0.3, -0.25) is 4.79 Å². The van der Waals surface area contributed by atoms with Crippen LogP contribution in [-0.2, 0) is 9.59 Å². The lowest BCUT2D eigenvalue weighted by Gasteiger charge is -2.11. The molecule has 20 heavy (non-hydrogen) atoms. The summed E-state index contributed by atoms with van der Waals surface area (Å²) in [5.74, 6) is -1.13. The average Bonchev–Trinajstić information content (AvgIpc) is 2.85. The first kappa shape index (κ1) is 14.8. The molecule has 0 saturated carbocycles. The Morgan fingerprint density at radius 1 is 1.45 bits per heavy atom. The van der Waals surface area contributed by atoms with Gasteiger partial charge in [0.25, 0.3) is 0 Å². The summed E-state index contributed by atoms with van der Waals surface area (Å²) < 4.78 is 1.89. The number of nitrogens with zero attached hydrogens (tertiary/aromatic N) is 1. The summed E-state index contributed by atoms with van der Waals surface area (Å²) in [6.07, 6.45) is 0.368. The highest BCUT2D eigenvalue weighted by molar-refractivity contribution is 8.01. The number of hydrogen-bond donors (Lipinski definition) is 2. The second-order valence-corrected chi connectivity index (χ2v) is 6.36. The highest BCUT2D eigenvalue weighted by Crippen LogP contribution is 2.28. The van der Waals surface area contributed by atoms with Crippen LogP contribution in [0, 0.1) is 0 Å². The largest absolute Gasteiger partial charge is 0.480 e. The predicted molar refractivity (Wildman–Crippen MR) is 80.2 cm³/mol. The number of amides is 1. The molecule has 5 nitrogen and oxygen atoms in total. The zero-order chi connectivity index (χ0) is 14.5. The van der Waals surface area contributed by atoms with Gasteiger partial charge in [-0.05, 0) is 18.6 Å². The Labute approximate surface area is 124 Å². The van der Waals surface area contributed by atoms with E-state index in [1.807, 2.05) is 24.3 Å². The molecule has 7 heteroatoms. The molecule has 1 amide bonds. The Morgan fingerprint density at radius 2 is 2.20 bits per heavy atom. The molecule has 0 saturated heterocycles. The van der Waals surface area contributed by atoms with Crippen LogP contribution in [0.4, 0.5) is 0 Å². The maximum atomic E-state index is 11.7. The fourth-order valence-electron chi connectivity index (χ4n) is 1.61. The number of carbonyl (C=O) groups is 2. The van der Waals surface area contributed by atoms with Gasteiger partial charge in [-0.1, -0.05) is 30.8 Å². The van der Waals surface area contributed by atoms with E-state index in [0.29, 0.717) is 6.42 Å². The van der Waals surface area contributed by atoms with Crippen molar-refractivity contribution in [3.8, 4) is 0 Å². The summed E-state index contributed by atoms with van der Waals surface area (Å²) in [4.78, 5) is 26.9. The number of para-hydroxylation sites is 1. The molecule has 0 aliphatic heterocycles. The minimum absolute atomic E-state index is 0.170. The summed E-state index contributed by atoms with van der Waals surface area (Å²) in [5, 5.41) is 11.4. The van der Waals surface area contributed by atoms with Gasteiger partial charge in [0.2, 0.25) is 5.91 Å². The molecule has 0 aliphatic rings. The molecule has 1 aromatic heterocycles. The van der Waals surface area contributed by atoms with Crippen LogP contribution >= 0.6 is 23.1 Å². The van der Waals surface area contributed by atoms with Gasteiger partial charge in [-0.2, -0.15) is 0 Å². The number of nitrogens with one attached hydrogen (secondary N) is 1. The molecule has 0 spiro atoms. The molecule has 0 fully saturated rings. The zero-order valence-electron chi connectivity index (χ0n) is 10.8. The molecule has 1 aromatic carbocycles. The van der Waals surface area contributed by atoms with Crippen molar-refractivity contribution in [3.63, 3.8) is 0 Å². The van der Waals surface area contributed by atoms with E-state index >= 15 is 0 Å². The SMILES string of the molecule is CCC(NC(=O)CSc1nc2ccccc2s1)C(=O)O. The quantitative estimate of drug-likeness (QED) is 0.801. The first-order valence-electron chi connectivity index (χ1n) is 6.10. The van der Waals surface area contributed by atoms with Crippen LogP contribution in [0.2, 0.25) is 0 Å². The molecule has 0 radical (unpaired) electrons. The molecule has 1 heterocycles. The van der Waals surface area contributed by atoms with Crippen molar-refractivity contribution in [1.82, 2.24) is 10.3 Å².